The molecule has 0 saturated carbocycles. The molecular weight excluding hydrogens is 172 g/mol. The highest BCUT2D eigenvalue weighted by Gasteiger charge is 2.11. The Bertz CT molecular complexity index is 234. The fourth-order valence-corrected chi connectivity index (χ4v) is 0.830. The Hall–Kier alpha value is -1.06. The van der Waals surface area contributed by atoms with Gasteiger partial charge in [-0.2, -0.15) is 0 Å². The van der Waals surface area contributed by atoms with Crippen molar-refractivity contribution < 1.29 is 17.6 Å². The predicted octanol–water partition coefficient (Wildman–Crippen LogP) is 3.56. The van der Waals surface area contributed by atoms with Gasteiger partial charge in [-0.1, -0.05) is 18.2 Å². The molecule has 4 heteroatoms. The molecule has 0 unspecified atom stereocenters. The molecule has 1 aromatic carbocycles. The number of benzene rings is 1. The third-order valence-electron chi connectivity index (χ3n) is 1.41. The normalized spacial score (nSPS) is 11.2. The van der Waals surface area contributed by atoms with Crippen molar-refractivity contribution in [3.63, 3.8) is 0 Å². The minimum Gasteiger partial charge on any atom is -0.205 e. The topological polar surface area (TPSA) is 0 Å². The van der Waals surface area contributed by atoms with E-state index >= 15 is 0 Å². The van der Waals surface area contributed by atoms with Gasteiger partial charge in [0.25, 0.3) is 12.9 Å². The van der Waals surface area contributed by atoms with Crippen molar-refractivity contribution in [2.45, 2.75) is 12.9 Å². The van der Waals surface area contributed by atoms with Gasteiger partial charge in [0, 0.05) is 11.1 Å². The summed E-state index contributed by atoms with van der Waals surface area (Å²) in [6, 6.07) is 4.26. The molecule has 1 aromatic rings. The average Bonchev–Trinajstić information content (AvgIpc) is 2.04. The molecule has 66 valence electrons. The molecule has 0 aromatic heterocycles. The maximum absolute atomic E-state index is 12.0. The van der Waals surface area contributed by atoms with E-state index in [0.29, 0.717) is 0 Å². The summed E-state index contributed by atoms with van der Waals surface area (Å²) >= 11 is 0. The molecule has 0 fully saturated rings. The van der Waals surface area contributed by atoms with Crippen LogP contribution in [0.4, 0.5) is 17.6 Å². The second kappa shape index (κ2) is 3.56. The van der Waals surface area contributed by atoms with Crippen molar-refractivity contribution in [3.8, 4) is 0 Å². The Morgan fingerprint density at radius 2 is 1.25 bits per heavy atom. The van der Waals surface area contributed by atoms with Gasteiger partial charge in [0.2, 0.25) is 0 Å². The van der Waals surface area contributed by atoms with E-state index in [4.69, 9.17) is 0 Å². The Morgan fingerprint density at radius 3 is 1.58 bits per heavy atom. The fourth-order valence-electron chi connectivity index (χ4n) is 0.830. The monoisotopic (exact) mass is 178 g/mol. The molecule has 0 radical (unpaired) electrons. The van der Waals surface area contributed by atoms with Gasteiger partial charge in [0.05, 0.1) is 0 Å². The minimum atomic E-state index is -2.69. The van der Waals surface area contributed by atoms with Crippen molar-refractivity contribution in [2.75, 3.05) is 0 Å². The lowest BCUT2D eigenvalue weighted by Gasteiger charge is -2.02. The molecule has 12 heavy (non-hydrogen) atoms. The molecule has 0 saturated heterocycles. The predicted molar refractivity (Wildman–Crippen MR) is 36.4 cm³/mol. The summed E-state index contributed by atoms with van der Waals surface area (Å²) < 4.78 is 47.9. The Morgan fingerprint density at radius 1 is 0.833 bits per heavy atom. The molecule has 0 aliphatic rings. The smallest absolute Gasteiger partial charge is 0.205 e. The number of hydrogen-bond donors (Lipinski definition) is 0. The Balaban J connectivity index is 2.96. The van der Waals surface area contributed by atoms with Crippen LogP contribution in [0.3, 0.4) is 0 Å². The van der Waals surface area contributed by atoms with Crippen LogP contribution in [0.25, 0.3) is 0 Å². The molecule has 0 N–H and O–H groups in total. The van der Waals surface area contributed by atoms with E-state index in [1.54, 1.807) is 0 Å². The maximum Gasteiger partial charge on any atom is 0.263 e. The van der Waals surface area contributed by atoms with Gasteiger partial charge < -0.3 is 0 Å². The summed E-state index contributed by atoms with van der Waals surface area (Å²) in [7, 11) is 0. The van der Waals surface area contributed by atoms with Crippen molar-refractivity contribution in [3.05, 3.63) is 35.4 Å². The molecule has 0 aliphatic heterocycles. The van der Waals surface area contributed by atoms with Gasteiger partial charge in [0.1, 0.15) is 0 Å². The quantitative estimate of drug-likeness (QED) is 0.607. The van der Waals surface area contributed by atoms with Crippen LogP contribution < -0.4 is 0 Å². The van der Waals surface area contributed by atoms with Gasteiger partial charge in [-0.05, 0) is 6.07 Å². The van der Waals surface area contributed by atoms with Crippen molar-refractivity contribution in [1.82, 2.24) is 0 Å². The minimum absolute atomic E-state index is 0.368. The highest BCUT2D eigenvalue weighted by Crippen LogP contribution is 2.24. The van der Waals surface area contributed by atoms with Crippen molar-refractivity contribution in [2.24, 2.45) is 0 Å². The zero-order valence-electron chi connectivity index (χ0n) is 5.98. The number of rotatable bonds is 2. The molecule has 0 aliphatic carbocycles. The van der Waals surface area contributed by atoms with E-state index in [0.717, 1.165) is 18.2 Å². The zero-order chi connectivity index (χ0) is 9.14. The molecule has 0 spiro atoms. The van der Waals surface area contributed by atoms with Gasteiger partial charge in [0.15, 0.2) is 0 Å². The first-order chi connectivity index (χ1) is 5.61. The van der Waals surface area contributed by atoms with Crippen molar-refractivity contribution >= 4 is 0 Å². The maximum atomic E-state index is 12.0. The van der Waals surface area contributed by atoms with Crippen LogP contribution in [-0.2, 0) is 0 Å². The standard InChI is InChI=1S/C8H6F4/c9-7(10)5-2-1-3-6(4-5)8(11)12/h1-4,7-8H. The van der Waals surface area contributed by atoms with Crippen LogP contribution in [0.1, 0.15) is 24.0 Å². The van der Waals surface area contributed by atoms with Crippen LogP contribution in [0.2, 0.25) is 0 Å². The highest BCUT2D eigenvalue weighted by atomic mass is 19.3. The average molecular weight is 178 g/mol. The SMILES string of the molecule is FC(F)c1cccc(C(F)F)c1. The summed E-state index contributed by atoms with van der Waals surface area (Å²) in [6.07, 6.45) is -5.38. The largest absolute Gasteiger partial charge is 0.263 e. The third-order valence-corrected chi connectivity index (χ3v) is 1.41. The highest BCUT2D eigenvalue weighted by molar-refractivity contribution is 5.24. The number of alkyl halides is 4. The van der Waals surface area contributed by atoms with E-state index < -0.39 is 12.9 Å². The van der Waals surface area contributed by atoms with E-state index in [9.17, 15) is 17.6 Å². The van der Waals surface area contributed by atoms with E-state index in [1.807, 2.05) is 0 Å². The third kappa shape index (κ3) is 1.96. The van der Waals surface area contributed by atoms with Gasteiger partial charge >= 0.3 is 0 Å². The van der Waals surface area contributed by atoms with Crippen LogP contribution in [0.15, 0.2) is 24.3 Å². The molecular formula is C8H6F4. The molecule has 1 rings (SSSR count). The summed E-state index contributed by atoms with van der Waals surface area (Å²) in [5.74, 6) is 0. The number of hydrogen-bond acceptors (Lipinski definition) is 0. The number of halogens is 4. The first-order valence-electron chi connectivity index (χ1n) is 3.27. The van der Waals surface area contributed by atoms with Crippen molar-refractivity contribution in [1.29, 1.82) is 0 Å². The Labute approximate surface area is 66.8 Å². The van der Waals surface area contributed by atoms with Crippen LogP contribution in [0, 0.1) is 0 Å². The first-order valence-corrected chi connectivity index (χ1v) is 3.27. The summed E-state index contributed by atoms with van der Waals surface area (Å²) in [5.41, 5.74) is -0.736. The Kier molecular flexibility index (Phi) is 2.68. The summed E-state index contributed by atoms with van der Waals surface area (Å²) in [6.45, 7) is 0. The first kappa shape index (κ1) is 9.03. The molecule has 0 bridgehead atoms. The van der Waals surface area contributed by atoms with E-state index in [-0.39, 0.29) is 11.1 Å². The van der Waals surface area contributed by atoms with Crippen LogP contribution in [-0.4, -0.2) is 0 Å². The van der Waals surface area contributed by atoms with Crippen LogP contribution >= 0.6 is 0 Å². The van der Waals surface area contributed by atoms with E-state index in [2.05, 4.69) is 0 Å². The van der Waals surface area contributed by atoms with E-state index in [1.165, 1.54) is 6.07 Å². The molecule has 0 atom stereocenters. The molecule has 0 nitrogen and oxygen atoms in total. The molecule has 0 amide bonds. The lowest BCUT2D eigenvalue weighted by atomic mass is 10.1. The van der Waals surface area contributed by atoms with Gasteiger partial charge in [-0.25, -0.2) is 17.6 Å². The molecule has 0 heterocycles. The summed E-state index contributed by atoms with van der Waals surface area (Å²) in [4.78, 5) is 0. The second-order valence-corrected chi connectivity index (χ2v) is 2.27. The summed E-state index contributed by atoms with van der Waals surface area (Å²) in [5, 5.41) is 0. The fraction of sp³-hybridized carbons (Fsp3) is 0.250. The lowest BCUT2D eigenvalue weighted by Crippen LogP contribution is -1.88. The lowest BCUT2D eigenvalue weighted by molar-refractivity contribution is 0.144. The van der Waals surface area contributed by atoms with Gasteiger partial charge in [-0.15, -0.1) is 0 Å². The zero-order valence-corrected chi connectivity index (χ0v) is 5.98. The van der Waals surface area contributed by atoms with Gasteiger partial charge in [-0.3, -0.25) is 0 Å². The van der Waals surface area contributed by atoms with Crippen LogP contribution in [0.5, 0.6) is 0 Å². The second-order valence-electron chi connectivity index (χ2n) is 2.27.